The number of aromatic carboxylic acids is 1. The highest BCUT2D eigenvalue weighted by atomic mass is 16.5. The summed E-state index contributed by atoms with van der Waals surface area (Å²) in [7, 11) is 0. The van der Waals surface area contributed by atoms with E-state index in [-0.39, 0.29) is 41.0 Å². The Morgan fingerprint density at radius 3 is 2.35 bits per heavy atom. The Labute approximate surface area is 306 Å². The Morgan fingerprint density at radius 1 is 0.942 bits per heavy atom. The first-order valence-electron chi connectivity index (χ1n) is 18.7. The molecule has 8 bridgehead atoms. The van der Waals surface area contributed by atoms with Crippen LogP contribution in [0.5, 0.6) is 0 Å². The molecule has 2 atom stereocenters. The van der Waals surface area contributed by atoms with Gasteiger partial charge in [-0.05, 0) is 86.9 Å². The SMILES string of the molecule is C=Cc1c(C)c2cc3nc(c(C(=O)O)c4nc(cc5[nH]c(cc1[nH]2)c(C)c5CC)C(C)=C4C(=O)NCCCCCC)[C@@H](CCC(=O)OCCC)[C@@H]3C. The number of amides is 1. The third-order valence-electron chi connectivity index (χ3n) is 10.5. The molecule has 276 valence electrons. The lowest BCUT2D eigenvalue weighted by atomic mass is 9.85. The number of nitrogens with one attached hydrogen (secondary N) is 3. The molecular weight excluding hydrogens is 654 g/mol. The molecule has 0 saturated heterocycles. The highest BCUT2D eigenvalue weighted by Crippen LogP contribution is 2.43. The van der Waals surface area contributed by atoms with Gasteiger partial charge in [-0.3, -0.25) is 14.6 Å². The van der Waals surface area contributed by atoms with E-state index in [0.29, 0.717) is 48.6 Å². The first kappa shape index (κ1) is 38.2. The molecule has 10 heteroatoms. The molecule has 10 nitrogen and oxygen atoms in total. The average Bonchev–Trinajstić information content (AvgIpc) is 3.79. The van der Waals surface area contributed by atoms with E-state index in [1.54, 1.807) is 0 Å². The minimum absolute atomic E-state index is 0.0839. The van der Waals surface area contributed by atoms with Gasteiger partial charge in [-0.25, -0.2) is 9.78 Å². The van der Waals surface area contributed by atoms with Crippen LogP contribution >= 0.6 is 0 Å². The van der Waals surface area contributed by atoms with E-state index >= 15 is 0 Å². The zero-order chi connectivity index (χ0) is 37.7. The molecule has 0 radical (unpaired) electrons. The molecule has 0 spiro atoms. The van der Waals surface area contributed by atoms with Crippen LogP contribution in [-0.2, 0) is 20.7 Å². The first-order valence-corrected chi connectivity index (χ1v) is 18.7. The van der Waals surface area contributed by atoms with Crippen molar-refractivity contribution in [2.45, 2.75) is 112 Å². The summed E-state index contributed by atoms with van der Waals surface area (Å²) in [5.41, 5.74) is 9.86. The number of hydrogen-bond donors (Lipinski definition) is 4. The fourth-order valence-corrected chi connectivity index (χ4v) is 7.46. The molecule has 2 aliphatic heterocycles. The van der Waals surface area contributed by atoms with Gasteiger partial charge < -0.3 is 25.1 Å². The van der Waals surface area contributed by atoms with Crippen LogP contribution in [0, 0.1) is 13.8 Å². The number of aryl methyl sites for hydroxylation is 3. The number of aromatic amines is 2. The fourth-order valence-electron chi connectivity index (χ4n) is 7.46. The molecule has 5 rings (SSSR count). The fraction of sp³-hybridized carbons (Fsp3) is 0.452. The summed E-state index contributed by atoms with van der Waals surface area (Å²) in [6.45, 7) is 19.0. The molecule has 0 fully saturated rings. The lowest BCUT2D eigenvalue weighted by molar-refractivity contribution is -0.143. The number of carbonyl (C=O) groups is 3. The highest BCUT2D eigenvalue weighted by Gasteiger charge is 2.37. The van der Waals surface area contributed by atoms with Gasteiger partial charge in [-0.1, -0.05) is 59.6 Å². The van der Waals surface area contributed by atoms with Crippen molar-refractivity contribution in [1.29, 1.82) is 0 Å². The molecule has 4 N–H and O–H groups in total. The Bertz CT molecular complexity index is 2090. The molecule has 0 unspecified atom stereocenters. The Morgan fingerprint density at radius 2 is 1.67 bits per heavy atom. The highest BCUT2D eigenvalue weighted by molar-refractivity contribution is 6.28. The van der Waals surface area contributed by atoms with Gasteiger partial charge >= 0.3 is 11.9 Å². The van der Waals surface area contributed by atoms with Crippen molar-refractivity contribution in [2.24, 2.45) is 0 Å². The van der Waals surface area contributed by atoms with Crippen molar-refractivity contribution < 1.29 is 24.2 Å². The molecule has 0 aromatic carbocycles. The lowest BCUT2D eigenvalue weighted by Crippen LogP contribution is -2.26. The Balaban J connectivity index is 1.87. The van der Waals surface area contributed by atoms with Gasteiger partial charge in [0.2, 0.25) is 0 Å². The predicted octanol–water partition coefficient (Wildman–Crippen LogP) is 9.08. The van der Waals surface area contributed by atoms with E-state index in [2.05, 4.69) is 48.7 Å². The van der Waals surface area contributed by atoms with Gasteiger partial charge in [-0.15, -0.1) is 0 Å². The molecule has 0 aliphatic carbocycles. The smallest absolute Gasteiger partial charge is 0.339 e. The van der Waals surface area contributed by atoms with Crippen molar-refractivity contribution >= 4 is 57.1 Å². The third-order valence-corrected chi connectivity index (χ3v) is 10.5. The number of rotatable bonds is 14. The maximum Gasteiger partial charge on any atom is 0.339 e. The zero-order valence-electron chi connectivity index (χ0n) is 31.7. The molecular formula is C42H53N5O5. The van der Waals surface area contributed by atoms with Crippen LogP contribution < -0.4 is 5.32 Å². The van der Waals surface area contributed by atoms with Gasteiger partial charge in [0.1, 0.15) is 5.56 Å². The second kappa shape index (κ2) is 16.6. The van der Waals surface area contributed by atoms with Crippen LogP contribution in [0.4, 0.5) is 0 Å². The Kier molecular flexibility index (Phi) is 12.2. The molecule has 3 aromatic heterocycles. The third kappa shape index (κ3) is 7.61. The number of aromatic nitrogens is 4. The van der Waals surface area contributed by atoms with Crippen LogP contribution in [0.15, 0.2) is 24.8 Å². The van der Waals surface area contributed by atoms with E-state index in [0.717, 1.165) is 76.4 Å². The number of H-pyrrole nitrogens is 2. The van der Waals surface area contributed by atoms with Crippen molar-refractivity contribution in [2.75, 3.05) is 13.2 Å². The van der Waals surface area contributed by atoms with Gasteiger partial charge in [-0.2, -0.15) is 0 Å². The van der Waals surface area contributed by atoms with Crippen LogP contribution in [-0.4, -0.2) is 56.0 Å². The number of hydrogen-bond acceptors (Lipinski definition) is 6. The quantitative estimate of drug-likeness (QED) is 0.0964. The van der Waals surface area contributed by atoms with Crippen LogP contribution in [0.1, 0.15) is 147 Å². The summed E-state index contributed by atoms with van der Waals surface area (Å²) in [5.74, 6) is -2.64. The first-order chi connectivity index (χ1) is 24.9. The molecule has 2 aliphatic rings. The van der Waals surface area contributed by atoms with Crippen LogP contribution in [0.3, 0.4) is 0 Å². The normalized spacial score (nSPS) is 15.5. The summed E-state index contributed by atoms with van der Waals surface area (Å²) in [6, 6.07) is 5.96. The average molecular weight is 708 g/mol. The van der Waals surface area contributed by atoms with Gasteiger partial charge in [0.25, 0.3) is 5.91 Å². The monoisotopic (exact) mass is 707 g/mol. The van der Waals surface area contributed by atoms with E-state index in [4.69, 9.17) is 14.7 Å². The standard InChI is InChI=1S/C42H53N5O5/c1-9-13-14-15-18-43-41(49)37-26(8)33-22-35-28(12-4)24(6)31(45-35)21-34-27(11-3)23(5)30(44-34)20-32-25(7)29(16-17-36(48)52-19-10-2)39(46-32)38(42(50)51)40(37)47-33/h11,20-22,25,29,44-45H,3,9-10,12-19H2,1-2,4-8H3,(H,43,49)(H,50,51)/t25-,29-/m0/s1. The summed E-state index contributed by atoms with van der Waals surface area (Å²) >= 11 is 0. The minimum atomic E-state index is -1.23. The number of allylic oxidation sites excluding steroid dienone is 1. The van der Waals surface area contributed by atoms with Crippen molar-refractivity contribution in [3.05, 3.63) is 75.4 Å². The van der Waals surface area contributed by atoms with Crippen molar-refractivity contribution in [1.82, 2.24) is 25.3 Å². The largest absolute Gasteiger partial charge is 0.478 e. The van der Waals surface area contributed by atoms with Gasteiger partial charge in [0.05, 0.1) is 29.3 Å². The van der Waals surface area contributed by atoms with E-state index in [9.17, 15) is 19.5 Å². The second-order valence-electron chi connectivity index (χ2n) is 14.0. The van der Waals surface area contributed by atoms with Crippen LogP contribution in [0.25, 0.3) is 39.3 Å². The van der Waals surface area contributed by atoms with Crippen molar-refractivity contribution in [3.8, 4) is 0 Å². The number of ether oxygens (including phenoxy) is 1. The van der Waals surface area contributed by atoms with E-state index in [1.807, 2.05) is 45.9 Å². The number of esters is 1. The summed E-state index contributed by atoms with van der Waals surface area (Å²) in [5, 5.41) is 14.0. The van der Waals surface area contributed by atoms with Gasteiger partial charge in [0.15, 0.2) is 0 Å². The lowest BCUT2D eigenvalue weighted by Gasteiger charge is -2.17. The predicted molar refractivity (Wildman–Crippen MR) is 208 cm³/mol. The number of fused-ring (bicyclic) bond motifs is 8. The molecule has 1 amide bonds. The zero-order valence-corrected chi connectivity index (χ0v) is 31.7. The number of carbonyl (C=O) groups excluding carboxylic acids is 2. The van der Waals surface area contributed by atoms with Crippen LogP contribution in [0.2, 0.25) is 0 Å². The number of carboxylic acid groups (broad SMARTS) is 1. The number of carboxylic acids is 1. The van der Waals surface area contributed by atoms with Gasteiger partial charge in [0, 0.05) is 58.1 Å². The maximum atomic E-state index is 14.0. The topological polar surface area (TPSA) is 150 Å². The maximum absolute atomic E-state index is 14.0. The summed E-state index contributed by atoms with van der Waals surface area (Å²) < 4.78 is 5.39. The second-order valence-corrected chi connectivity index (χ2v) is 14.0. The summed E-state index contributed by atoms with van der Waals surface area (Å²) in [6.07, 6.45) is 7.66. The molecule has 0 saturated carbocycles. The number of unbranched alkanes of at least 4 members (excludes halogenated alkanes) is 3. The van der Waals surface area contributed by atoms with E-state index < -0.39 is 11.9 Å². The summed E-state index contributed by atoms with van der Waals surface area (Å²) in [4.78, 5) is 57.4. The van der Waals surface area contributed by atoms with E-state index in [1.165, 1.54) is 0 Å². The minimum Gasteiger partial charge on any atom is -0.478 e. The number of nitrogens with zero attached hydrogens (tertiary/aromatic N) is 2. The Hall–Kier alpha value is -4.99. The van der Waals surface area contributed by atoms with Crippen molar-refractivity contribution in [3.63, 3.8) is 0 Å². The molecule has 3 aromatic rings. The molecule has 52 heavy (non-hydrogen) atoms. The molecule has 5 heterocycles.